The first-order valence-electron chi connectivity index (χ1n) is 7.20. The molecule has 2 heterocycles. The summed E-state index contributed by atoms with van der Waals surface area (Å²) in [6.07, 6.45) is 1.83. The van der Waals surface area contributed by atoms with E-state index >= 15 is 0 Å². The molecule has 1 aromatic heterocycles. The van der Waals surface area contributed by atoms with Crippen molar-refractivity contribution in [2.45, 2.75) is 25.8 Å². The van der Waals surface area contributed by atoms with Crippen molar-refractivity contribution < 1.29 is 4.79 Å². The average Bonchev–Trinajstić information content (AvgIpc) is 2.92. The van der Waals surface area contributed by atoms with Crippen LogP contribution >= 0.6 is 0 Å². The minimum Gasteiger partial charge on any atom is -0.346 e. The SMILES string of the molecule is CC(NC(=O)C1CCNCC1)c1nc2ccccc2[nH]1. The monoisotopic (exact) mass is 272 g/mol. The van der Waals surface area contributed by atoms with Gasteiger partial charge in [-0.25, -0.2) is 4.98 Å². The quantitative estimate of drug-likeness (QED) is 0.797. The van der Waals surface area contributed by atoms with E-state index in [-0.39, 0.29) is 17.9 Å². The highest BCUT2D eigenvalue weighted by Crippen LogP contribution is 2.17. The van der Waals surface area contributed by atoms with E-state index in [1.165, 1.54) is 0 Å². The molecule has 106 valence electrons. The van der Waals surface area contributed by atoms with Gasteiger partial charge in [0.2, 0.25) is 5.91 Å². The van der Waals surface area contributed by atoms with Gasteiger partial charge in [-0.15, -0.1) is 0 Å². The minimum absolute atomic E-state index is 0.0928. The Hall–Kier alpha value is -1.88. The Kier molecular flexibility index (Phi) is 3.69. The zero-order chi connectivity index (χ0) is 13.9. The van der Waals surface area contributed by atoms with Gasteiger partial charge in [-0.2, -0.15) is 0 Å². The third-order valence-corrected chi connectivity index (χ3v) is 3.89. The standard InChI is InChI=1S/C15H20N4O/c1-10(17-15(20)11-6-8-16-9-7-11)14-18-12-4-2-3-5-13(12)19-14/h2-5,10-11,16H,6-9H2,1H3,(H,17,20)(H,18,19). The largest absolute Gasteiger partial charge is 0.346 e. The van der Waals surface area contributed by atoms with Crippen LogP contribution in [0.15, 0.2) is 24.3 Å². The van der Waals surface area contributed by atoms with Crippen LogP contribution in [-0.4, -0.2) is 29.0 Å². The first kappa shape index (κ1) is 13.1. The fraction of sp³-hybridized carbons (Fsp3) is 0.467. The fourth-order valence-corrected chi connectivity index (χ4v) is 2.66. The van der Waals surface area contributed by atoms with Gasteiger partial charge in [0.05, 0.1) is 17.1 Å². The molecule has 0 spiro atoms. The van der Waals surface area contributed by atoms with Gasteiger partial charge in [-0.05, 0) is 45.0 Å². The Balaban J connectivity index is 1.68. The van der Waals surface area contributed by atoms with Crippen LogP contribution in [-0.2, 0) is 4.79 Å². The highest BCUT2D eigenvalue weighted by molar-refractivity contribution is 5.79. The molecule has 3 rings (SSSR count). The molecule has 3 N–H and O–H groups in total. The van der Waals surface area contributed by atoms with Crippen LogP contribution in [0.25, 0.3) is 11.0 Å². The number of amides is 1. The summed E-state index contributed by atoms with van der Waals surface area (Å²) in [5, 5.41) is 6.34. The lowest BCUT2D eigenvalue weighted by Crippen LogP contribution is -2.39. The summed E-state index contributed by atoms with van der Waals surface area (Å²) in [5.41, 5.74) is 1.94. The first-order chi connectivity index (χ1) is 9.74. The molecule has 1 saturated heterocycles. The highest BCUT2D eigenvalue weighted by Gasteiger charge is 2.23. The van der Waals surface area contributed by atoms with Crippen LogP contribution in [0.4, 0.5) is 0 Å². The molecule has 1 aliphatic heterocycles. The second kappa shape index (κ2) is 5.63. The van der Waals surface area contributed by atoms with Crippen molar-refractivity contribution in [3.05, 3.63) is 30.1 Å². The van der Waals surface area contributed by atoms with Gasteiger partial charge < -0.3 is 15.6 Å². The Morgan fingerprint density at radius 2 is 2.10 bits per heavy atom. The molecule has 0 saturated carbocycles. The lowest BCUT2D eigenvalue weighted by molar-refractivity contribution is -0.126. The molecule has 1 aliphatic rings. The van der Waals surface area contributed by atoms with Crippen LogP contribution < -0.4 is 10.6 Å². The van der Waals surface area contributed by atoms with E-state index in [9.17, 15) is 4.79 Å². The zero-order valence-electron chi connectivity index (χ0n) is 11.6. The molecular weight excluding hydrogens is 252 g/mol. The number of para-hydroxylation sites is 2. The summed E-state index contributed by atoms with van der Waals surface area (Å²) in [7, 11) is 0. The zero-order valence-corrected chi connectivity index (χ0v) is 11.6. The second-order valence-electron chi connectivity index (χ2n) is 5.39. The third kappa shape index (κ3) is 2.67. The Morgan fingerprint density at radius 3 is 2.85 bits per heavy atom. The second-order valence-corrected chi connectivity index (χ2v) is 5.39. The molecular formula is C15H20N4O. The third-order valence-electron chi connectivity index (χ3n) is 3.89. The number of hydrogen-bond donors (Lipinski definition) is 3. The Labute approximate surface area is 118 Å². The highest BCUT2D eigenvalue weighted by atomic mass is 16.1. The summed E-state index contributed by atoms with van der Waals surface area (Å²) in [5.74, 6) is 1.08. The number of hydrogen-bond acceptors (Lipinski definition) is 3. The Morgan fingerprint density at radius 1 is 1.35 bits per heavy atom. The number of fused-ring (bicyclic) bond motifs is 1. The number of nitrogens with one attached hydrogen (secondary N) is 3. The van der Waals surface area contributed by atoms with Crippen LogP contribution in [0.3, 0.4) is 0 Å². The maximum absolute atomic E-state index is 12.2. The summed E-state index contributed by atoms with van der Waals surface area (Å²) in [6, 6.07) is 7.81. The van der Waals surface area contributed by atoms with Crippen molar-refractivity contribution in [3.63, 3.8) is 0 Å². The molecule has 1 unspecified atom stereocenters. The van der Waals surface area contributed by atoms with Crippen LogP contribution in [0.2, 0.25) is 0 Å². The van der Waals surface area contributed by atoms with Gasteiger partial charge in [0.25, 0.3) is 0 Å². The van der Waals surface area contributed by atoms with Crippen LogP contribution in [0.5, 0.6) is 0 Å². The van der Waals surface area contributed by atoms with Gasteiger partial charge in [-0.1, -0.05) is 12.1 Å². The number of imidazole rings is 1. The molecule has 1 amide bonds. The van der Waals surface area contributed by atoms with Crippen LogP contribution in [0, 0.1) is 5.92 Å². The van der Waals surface area contributed by atoms with Crippen molar-refractivity contribution in [1.29, 1.82) is 0 Å². The number of carbonyl (C=O) groups excluding carboxylic acids is 1. The van der Waals surface area contributed by atoms with Crippen LogP contribution in [0.1, 0.15) is 31.6 Å². The van der Waals surface area contributed by atoms with Gasteiger partial charge in [0.15, 0.2) is 0 Å². The van der Waals surface area contributed by atoms with Crippen molar-refractivity contribution in [2.75, 3.05) is 13.1 Å². The number of aromatic nitrogens is 2. The van der Waals surface area contributed by atoms with E-state index in [0.717, 1.165) is 42.8 Å². The predicted octanol–water partition coefficient (Wildman–Crippen LogP) is 1.74. The molecule has 0 aliphatic carbocycles. The molecule has 1 aromatic carbocycles. The smallest absolute Gasteiger partial charge is 0.223 e. The fourth-order valence-electron chi connectivity index (χ4n) is 2.66. The maximum Gasteiger partial charge on any atom is 0.223 e. The minimum atomic E-state index is -0.0928. The van der Waals surface area contributed by atoms with E-state index in [1.54, 1.807) is 0 Å². The molecule has 5 nitrogen and oxygen atoms in total. The molecule has 5 heteroatoms. The summed E-state index contributed by atoms with van der Waals surface area (Å²) >= 11 is 0. The number of benzene rings is 1. The van der Waals surface area contributed by atoms with Crippen molar-refractivity contribution in [2.24, 2.45) is 5.92 Å². The number of rotatable bonds is 3. The van der Waals surface area contributed by atoms with Gasteiger partial charge in [-0.3, -0.25) is 4.79 Å². The lowest BCUT2D eigenvalue weighted by Gasteiger charge is -2.23. The van der Waals surface area contributed by atoms with Gasteiger partial charge in [0.1, 0.15) is 5.82 Å². The number of nitrogens with zero attached hydrogens (tertiary/aromatic N) is 1. The van der Waals surface area contributed by atoms with E-state index in [4.69, 9.17) is 0 Å². The van der Waals surface area contributed by atoms with Crippen molar-refractivity contribution >= 4 is 16.9 Å². The number of aromatic amines is 1. The van der Waals surface area contributed by atoms with Crippen molar-refractivity contribution in [1.82, 2.24) is 20.6 Å². The number of carbonyl (C=O) groups is 1. The molecule has 1 fully saturated rings. The van der Waals surface area contributed by atoms with E-state index in [0.29, 0.717) is 0 Å². The normalized spacial score (nSPS) is 18.1. The molecule has 20 heavy (non-hydrogen) atoms. The number of piperidine rings is 1. The first-order valence-corrected chi connectivity index (χ1v) is 7.20. The maximum atomic E-state index is 12.2. The Bertz CT molecular complexity index is 568. The number of H-pyrrole nitrogens is 1. The summed E-state index contributed by atoms with van der Waals surface area (Å²) in [4.78, 5) is 20.0. The van der Waals surface area contributed by atoms with E-state index in [2.05, 4.69) is 20.6 Å². The molecule has 1 atom stereocenters. The van der Waals surface area contributed by atoms with E-state index < -0.39 is 0 Å². The lowest BCUT2D eigenvalue weighted by atomic mass is 9.97. The van der Waals surface area contributed by atoms with Crippen molar-refractivity contribution in [3.8, 4) is 0 Å². The van der Waals surface area contributed by atoms with Gasteiger partial charge in [0, 0.05) is 5.92 Å². The topological polar surface area (TPSA) is 69.8 Å². The summed E-state index contributed by atoms with van der Waals surface area (Å²) < 4.78 is 0. The average molecular weight is 272 g/mol. The molecule has 2 aromatic rings. The van der Waals surface area contributed by atoms with E-state index in [1.807, 2.05) is 31.2 Å². The van der Waals surface area contributed by atoms with Gasteiger partial charge >= 0.3 is 0 Å². The molecule has 0 bridgehead atoms. The predicted molar refractivity (Wildman–Crippen MR) is 78.2 cm³/mol. The molecule has 0 radical (unpaired) electrons. The summed E-state index contributed by atoms with van der Waals surface area (Å²) in [6.45, 7) is 3.82.